The van der Waals surface area contributed by atoms with Crippen LogP contribution < -0.4 is 10.1 Å². The lowest BCUT2D eigenvalue weighted by molar-refractivity contribution is 0.204. The predicted molar refractivity (Wildman–Crippen MR) is 99.9 cm³/mol. The number of anilines is 1. The van der Waals surface area contributed by atoms with Gasteiger partial charge in [0.05, 0.1) is 5.69 Å². The van der Waals surface area contributed by atoms with Gasteiger partial charge in [0, 0.05) is 19.6 Å². The zero-order valence-corrected chi connectivity index (χ0v) is 14.8. The third-order valence-electron chi connectivity index (χ3n) is 4.60. The molecule has 0 bridgehead atoms. The number of likely N-dealkylation sites (tertiary alicyclic amines) is 1. The van der Waals surface area contributed by atoms with Crippen LogP contribution in [0.2, 0.25) is 0 Å². The first-order valence-electron chi connectivity index (χ1n) is 8.61. The Bertz CT molecular complexity index is 705. The first-order chi connectivity index (χ1) is 12.1. The van der Waals surface area contributed by atoms with Gasteiger partial charge in [0.25, 0.3) is 0 Å². The maximum Gasteiger partial charge on any atom is 0.321 e. The van der Waals surface area contributed by atoms with E-state index in [1.54, 1.807) is 4.90 Å². The number of hydrogen-bond acceptors (Lipinski definition) is 3. The van der Waals surface area contributed by atoms with Crippen molar-refractivity contribution in [3.8, 4) is 5.75 Å². The first-order valence-corrected chi connectivity index (χ1v) is 8.61. The average molecular weight is 339 g/mol. The van der Waals surface area contributed by atoms with Gasteiger partial charge in [-0.2, -0.15) is 0 Å². The van der Waals surface area contributed by atoms with Crippen molar-refractivity contribution in [2.75, 3.05) is 32.5 Å². The van der Waals surface area contributed by atoms with Crippen LogP contribution in [-0.2, 0) is 6.61 Å². The molecule has 2 aromatic rings. The molecule has 1 saturated heterocycles. The predicted octanol–water partition coefficient (Wildman–Crippen LogP) is 3.43. The van der Waals surface area contributed by atoms with E-state index in [2.05, 4.69) is 17.3 Å². The largest absolute Gasteiger partial charge is 0.487 e. The Morgan fingerprint density at radius 3 is 2.64 bits per heavy atom. The van der Waals surface area contributed by atoms with Crippen LogP contribution in [0.4, 0.5) is 10.5 Å². The molecule has 0 saturated carbocycles. The molecule has 0 aromatic heterocycles. The van der Waals surface area contributed by atoms with Crippen molar-refractivity contribution in [3.05, 3.63) is 60.2 Å². The second-order valence-corrected chi connectivity index (χ2v) is 6.52. The standard InChI is InChI=1S/C20H25N3O2/c1-22-13-12-17(14-22)23(2)20(24)21-18-10-6-7-11-19(18)25-15-16-8-4-3-5-9-16/h3-11,17H,12-15H2,1-2H3,(H,21,24)/t17-/m1/s1. The fourth-order valence-corrected chi connectivity index (χ4v) is 3.03. The molecule has 25 heavy (non-hydrogen) atoms. The van der Waals surface area contributed by atoms with Gasteiger partial charge in [0.15, 0.2) is 0 Å². The third-order valence-corrected chi connectivity index (χ3v) is 4.60. The summed E-state index contributed by atoms with van der Waals surface area (Å²) in [6.07, 6.45) is 1.01. The molecule has 1 aliphatic rings. The lowest BCUT2D eigenvalue weighted by Crippen LogP contribution is -2.41. The Morgan fingerprint density at radius 1 is 1.20 bits per heavy atom. The second kappa shape index (κ2) is 8.03. The van der Waals surface area contributed by atoms with Crippen LogP contribution in [-0.4, -0.2) is 49.1 Å². The van der Waals surface area contributed by atoms with Gasteiger partial charge in [0.2, 0.25) is 0 Å². The maximum atomic E-state index is 12.6. The van der Waals surface area contributed by atoms with Crippen LogP contribution in [0.15, 0.2) is 54.6 Å². The Morgan fingerprint density at radius 2 is 1.92 bits per heavy atom. The Labute approximate surface area is 149 Å². The normalized spacial score (nSPS) is 17.3. The molecule has 0 radical (unpaired) electrons. The highest BCUT2D eigenvalue weighted by molar-refractivity contribution is 5.91. The van der Waals surface area contributed by atoms with Gasteiger partial charge in [-0.1, -0.05) is 42.5 Å². The number of carbonyl (C=O) groups is 1. The molecule has 1 aliphatic heterocycles. The van der Waals surface area contributed by atoms with E-state index >= 15 is 0 Å². The van der Waals surface area contributed by atoms with Crippen molar-refractivity contribution in [3.63, 3.8) is 0 Å². The van der Waals surface area contributed by atoms with Crippen molar-refractivity contribution in [2.45, 2.75) is 19.1 Å². The summed E-state index contributed by atoms with van der Waals surface area (Å²) < 4.78 is 5.90. The van der Waals surface area contributed by atoms with Gasteiger partial charge < -0.3 is 19.9 Å². The number of carbonyl (C=O) groups excluding carboxylic acids is 1. The first kappa shape index (κ1) is 17.3. The molecule has 1 fully saturated rings. The monoisotopic (exact) mass is 339 g/mol. The summed E-state index contributed by atoms with van der Waals surface area (Å²) >= 11 is 0. The molecule has 5 nitrogen and oxygen atoms in total. The van der Waals surface area contributed by atoms with Gasteiger partial charge in [-0.15, -0.1) is 0 Å². The molecule has 0 spiro atoms. The lowest BCUT2D eigenvalue weighted by atomic mass is 10.2. The summed E-state index contributed by atoms with van der Waals surface area (Å²) in [5.41, 5.74) is 1.79. The van der Waals surface area contributed by atoms with Crippen LogP contribution in [0.3, 0.4) is 0 Å². The van der Waals surface area contributed by atoms with Crippen molar-refractivity contribution >= 4 is 11.7 Å². The summed E-state index contributed by atoms with van der Waals surface area (Å²) in [5, 5.41) is 2.98. The molecule has 5 heteroatoms. The summed E-state index contributed by atoms with van der Waals surface area (Å²) in [6.45, 7) is 2.41. The molecule has 2 aromatic carbocycles. The molecule has 0 aliphatic carbocycles. The highest BCUT2D eigenvalue weighted by Gasteiger charge is 2.26. The topological polar surface area (TPSA) is 44.8 Å². The number of nitrogens with zero attached hydrogens (tertiary/aromatic N) is 2. The minimum atomic E-state index is -0.101. The van der Waals surface area contributed by atoms with E-state index in [0.717, 1.165) is 25.1 Å². The van der Waals surface area contributed by atoms with Gasteiger partial charge in [-0.3, -0.25) is 0 Å². The number of hydrogen-bond donors (Lipinski definition) is 1. The van der Waals surface area contributed by atoms with Gasteiger partial charge in [-0.05, 0) is 37.7 Å². The highest BCUT2D eigenvalue weighted by atomic mass is 16.5. The Balaban J connectivity index is 1.63. The van der Waals surface area contributed by atoms with Crippen molar-refractivity contribution < 1.29 is 9.53 Å². The van der Waals surface area contributed by atoms with Crippen molar-refractivity contribution in [1.82, 2.24) is 9.80 Å². The maximum absolute atomic E-state index is 12.6. The van der Waals surface area contributed by atoms with E-state index in [1.807, 2.05) is 61.6 Å². The van der Waals surface area contributed by atoms with Crippen LogP contribution in [0.25, 0.3) is 0 Å². The third kappa shape index (κ3) is 4.51. The lowest BCUT2D eigenvalue weighted by Gasteiger charge is -2.25. The molecule has 0 unspecified atom stereocenters. The minimum absolute atomic E-state index is 0.101. The Hall–Kier alpha value is -2.53. The van der Waals surface area contributed by atoms with Crippen molar-refractivity contribution in [1.29, 1.82) is 0 Å². The smallest absolute Gasteiger partial charge is 0.321 e. The van der Waals surface area contributed by atoms with E-state index < -0.39 is 0 Å². The SMILES string of the molecule is CN1CC[C@@H](N(C)C(=O)Nc2ccccc2OCc2ccccc2)C1. The van der Waals surface area contributed by atoms with Crippen LogP contribution >= 0.6 is 0 Å². The fourth-order valence-electron chi connectivity index (χ4n) is 3.03. The van der Waals surface area contributed by atoms with Gasteiger partial charge in [-0.25, -0.2) is 4.79 Å². The molecule has 1 atom stereocenters. The molecule has 3 rings (SSSR count). The van der Waals surface area contributed by atoms with E-state index in [9.17, 15) is 4.79 Å². The summed E-state index contributed by atoms with van der Waals surface area (Å²) in [5.74, 6) is 0.677. The number of ether oxygens (including phenoxy) is 1. The van der Waals surface area contributed by atoms with E-state index in [0.29, 0.717) is 18.0 Å². The van der Waals surface area contributed by atoms with Crippen LogP contribution in [0.5, 0.6) is 5.75 Å². The minimum Gasteiger partial charge on any atom is -0.487 e. The van der Waals surface area contributed by atoms with Gasteiger partial charge >= 0.3 is 6.03 Å². The van der Waals surface area contributed by atoms with Crippen LogP contribution in [0, 0.1) is 0 Å². The quantitative estimate of drug-likeness (QED) is 0.908. The molecule has 2 amide bonds. The highest BCUT2D eigenvalue weighted by Crippen LogP contribution is 2.25. The number of urea groups is 1. The number of benzene rings is 2. The number of likely N-dealkylation sites (N-methyl/N-ethyl adjacent to an activating group) is 2. The number of para-hydroxylation sites is 2. The average Bonchev–Trinajstić information content (AvgIpc) is 3.07. The fraction of sp³-hybridized carbons (Fsp3) is 0.350. The zero-order chi connectivity index (χ0) is 17.6. The zero-order valence-electron chi connectivity index (χ0n) is 14.8. The molecular formula is C20H25N3O2. The molecular weight excluding hydrogens is 314 g/mol. The number of nitrogens with one attached hydrogen (secondary N) is 1. The van der Waals surface area contributed by atoms with Crippen LogP contribution in [0.1, 0.15) is 12.0 Å². The summed E-state index contributed by atoms with van der Waals surface area (Å²) in [6, 6.07) is 17.7. The molecule has 1 heterocycles. The van der Waals surface area contributed by atoms with Gasteiger partial charge in [0.1, 0.15) is 12.4 Å². The molecule has 1 N–H and O–H groups in total. The van der Waals surface area contributed by atoms with E-state index in [4.69, 9.17) is 4.74 Å². The second-order valence-electron chi connectivity index (χ2n) is 6.52. The molecule has 132 valence electrons. The number of amides is 2. The summed E-state index contributed by atoms with van der Waals surface area (Å²) in [7, 11) is 3.94. The number of rotatable bonds is 5. The van der Waals surface area contributed by atoms with Crippen molar-refractivity contribution in [2.24, 2.45) is 0 Å². The van der Waals surface area contributed by atoms with E-state index in [1.165, 1.54) is 0 Å². The summed E-state index contributed by atoms with van der Waals surface area (Å²) in [4.78, 5) is 16.6. The van der Waals surface area contributed by atoms with E-state index in [-0.39, 0.29) is 12.1 Å². The Kier molecular flexibility index (Phi) is 5.56.